The maximum Gasteiger partial charge on any atom is 0.143 e. The molecule has 2 aromatic heterocycles. The fourth-order valence-corrected chi connectivity index (χ4v) is 7.24. The number of hydrogen-bond donors (Lipinski definition) is 0. The first kappa shape index (κ1) is 24.1. The molecule has 0 amide bonds. The van der Waals surface area contributed by atoms with Crippen molar-refractivity contribution in [1.82, 2.24) is 0 Å². The number of benzene rings is 6. The van der Waals surface area contributed by atoms with E-state index in [4.69, 9.17) is 4.42 Å². The molecule has 0 aliphatic carbocycles. The third-order valence-corrected chi connectivity index (χ3v) is 9.21. The number of hydrogen-bond acceptors (Lipinski definition) is 4. The molecule has 42 heavy (non-hydrogen) atoms. The van der Waals surface area contributed by atoms with Gasteiger partial charge in [-0.15, -0.1) is 11.3 Å². The summed E-state index contributed by atoms with van der Waals surface area (Å²) in [4.78, 5) is 0. The maximum atomic E-state index is 10.8. The third kappa shape index (κ3) is 3.64. The van der Waals surface area contributed by atoms with Gasteiger partial charge in [0.05, 0.1) is 17.2 Å². The Kier molecular flexibility index (Phi) is 5.44. The minimum Gasteiger partial charge on any atom is -0.455 e. The Labute approximate surface area is 245 Å². The van der Waals surface area contributed by atoms with Gasteiger partial charge < -0.3 is 4.42 Å². The van der Waals surface area contributed by atoms with Gasteiger partial charge in [0.1, 0.15) is 17.2 Å². The molecule has 0 bridgehead atoms. The zero-order valence-electron chi connectivity index (χ0n) is 22.3. The molecule has 0 N–H and O–H groups in total. The molecule has 0 radical (unpaired) electrons. The van der Waals surface area contributed by atoms with E-state index in [0.29, 0.717) is 11.1 Å². The van der Waals surface area contributed by atoms with Crippen LogP contribution in [0.3, 0.4) is 0 Å². The normalized spacial score (nSPS) is 11.3. The lowest BCUT2D eigenvalue weighted by atomic mass is 9.87. The van der Waals surface area contributed by atoms with Crippen LogP contribution in [0.4, 0.5) is 0 Å². The van der Waals surface area contributed by atoms with E-state index in [2.05, 4.69) is 78.9 Å². The van der Waals surface area contributed by atoms with E-state index in [1.54, 1.807) is 11.3 Å². The number of nitrogens with zero attached hydrogens (tertiary/aromatic N) is 2. The Morgan fingerprint density at radius 1 is 0.524 bits per heavy atom. The van der Waals surface area contributed by atoms with Crippen LogP contribution in [0.15, 0.2) is 126 Å². The summed E-state index contributed by atoms with van der Waals surface area (Å²) in [5.41, 5.74) is 8.32. The van der Waals surface area contributed by atoms with Crippen LogP contribution in [0, 0.1) is 22.7 Å². The van der Waals surface area contributed by atoms with E-state index in [-0.39, 0.29) is 0 Å². The molecule has 194 valence electrons. The highest BCUT2D eigenvalue weighted by Crippen LogP contribution is 2.45. The summed E-state index contributed by atoms with van der Waals surface area (Å²) in [7, 11) is 0. The molecule has 0 aliphatic heterocycles. The van der Waals surface area contributed by atoms with Crippen LogP contribution in [0.2, 0.25) is 0 Å². The van der Waals surface area contributed by atoms with Crippen molar-refractivity contribution in [2.45, 2.75) is 0 Å². The third-order valence-electron chi connectivity index (χ3n) is 7.99. The van der Waals surface area contributed by atoms with Crippen LogP contribution < -0.4 is 0 Å². The standard InChI is InChI=1S/C38H20N2OS/c39-21-23-15-17-24(18-16-23)25-19-32(29-10-5-9-28-26-7-1-3-13-35(26)41-37(28)29)34(22-40)33(20-25)31-12-6-11-30-27-8-2-4-14-36(27)42-38(30)31/h1-20H. The Morgan fingerprint density at radius 3 is 1.98 bits per heavy atom. The molecule has 2 heterocycles. The Bertz CT molecular complexity index is 2300. The average Bonchev–Trinajstić information content (AvgIpc) is 3.63. The summed E-state index contributed by atoms with van der Waals surface area (Å²) in [6.45, 7) is 0. The SMILES string of the molecule is N#Cc1ccc(-c2cc(-c3cccc4c3oc3ccccc34)c(C#N)c(-c3cccc4c3sc3ccccc34)c2)cc1. The van der Waals surface area contributed by atoms with Gasteiger partial charge in [-0.1, -0.05) is 84.9 Å². The smallest absolute Gasteiger partial charge is 0.143 e. The van der Waals surface area contributed by atoms with Crippen molar-refractivity contribution in [3.63, 3.8) is 0 Å². The molecule has 0 atom stereocenters. The van der Waals surface area contributed by atoms with Gasteiger partial charge in [-0.05, 0) is 47.5 Å². The minimum absolute atomic E-state index is 0.602. The molecule has 8 aromatic rings. The molecule has 0 aliphatic rings. The summed E-state index contributed by atoms with van der Waals surface area (Å²) >= 11 is 1.75. The van der Waals surface area contributed by atoms with Crippen molar-refractivity contribution in [3.05, 3.63) is 132 Å². The van der Waals surface area contributed by atoms with Gasteiger partial charge in [-0.25, -0.2) is 0 Å². The lowest BCUT2D eigenvalue weighted by Crippen LogP contribution is -1.93. The zero-order valence-corrected chi connectivity index (χ0v) is 23.1. The van der Waals surface area contributed by atoms with Crippen LogP contribution in [0.5, 0.6) is 0 Å². The van der Waals surface area contributed by atoms with Crippen molar-refractivity contribution in [3.8, 4) is 45.5 Å². The molecule has 0 fully saturated rings. The van der Waals surface area contributed by atoms with E-state index in [0.717, 1.165) is 60.0 Å². The first-order valence-electron chi connectivity index (χ1n) is 13.6. The van der Waals surface area contributed by atoms with Crippen molar-refractivity contribution in [2.75, 3.05) is 0 Å². The van der Waals surface area contributed by atoms with Crippen molar-refractivity contribution < 1.29 is 4.42 Å². The summed E-state index contributed by atoms with van der Waals surface area (Å²) in [5.74, 6) is 0. The van der Waals surface area contributed by atoms with Crippen LogP contribution >= 0.6 is 11.3 Å². The van der Waals surface area contributed by atoms with Crippen molar-refractivity contribution in [2.24, 2.45) is 0 Å². The number of rotatable bonds is 3. The second kappa shape index (κ2) is 9.46. The van der Waals surface area contributed by atoms with Gasteiger partial charge in [-0.2, -0.15) is 10.5 Å². The quantitative estimate of drug-likeness (QED) is 0.219. The molecule has 0 unspecified atom stereocenters. The number of thiophene rings is 1. The Morgan fingerprint density at radius 2 is 1.19 bits per heavy atom. The van der Waals surface area contributed by atoms with Gasteiger partial charge in [0.25, 0.3) is 0 Å². The fraction of sp³-hybridized carbons (Fsp3) is 0. The highest BCUT2D eigenvalue weighted by atomic mass is 32.1. The highest BCUT2D eigenvalue weighted by Gasteiger charge is 2.21. The molecule has 8 rings (SSSR count). The molecule has 6 aromatic carbocycles. The number of fused-ring (bicyclic) bond motifs is 6. The Hall–Kier alpha value is -5.68. The molecule has 0 saturated carbocycles. The van der Waals surface area contributed by atoms with Gasteiger partial charge >= 0.3 is 0 Å². The number of nitriles is 2. The van der Waals surface area contributed by atoms with Crippen LogP contribution in [-0.4, -0.2) is 0 Å². The summed E-state index contributed by atoms with van der Waals surface area (Å²) in [6.07, 6.45) is 0. The first-order chi connectivity index (χ1) is 20.7. The molecular formula is C38H20N2OS. The largest absolute Gasteiger partial charge is 0.455 e. The molecular weight excluding hydrogens is 532 g/mol. The molecule has 0 spiro atoms. The molecule has 0 saturated heterocycles. The van der Waals surface area contributed by atoms with Gasteiger partial charge in [0.2, 0.25) is 0 Å². The van der Waals surface area contributed by atoms with Gasteiger partial charge in [0.15, 0.2) is 0 Å². The average molecular weight is 553 g/mol. The maximum absolute atomic E-state index is 10.8. The van der Waals surface area contributed by atoms with E-state index in [1.165, 1.54) is 15.5 Å². The molecule has 3 nitrogen and oxygen atoms in total. The van der Waals surface area contributed by atoms with Gasteiger partial charge in [-0.3, -0.25) is 0 Å². The monoisotopic (exact) mass is 552 g/mol. The predicted octanol–water partition coefficient (Wildman–Crippen LogP) is 10.7. The second-order valence-corrected chi connectivity index (χ2v) is 11.4. The lowest BCUT2D eigenvalue weighted by molar-refractivity contribution is 0.670. The van der Waals surface area contributed by atoms with E-state index < -0.39 is 0 Å². The van der Waals surface area contributed by atoms with Crippen molar-refractivity contribution >= 4 is 53.4 Å². The second-order valence-electron chi connectivity index (χ2n) is 10.3. The van der Waals surface area contributed by atoms with Crippen molar-refractivity contribution in [1.29, 1.82) is 10.5 Å². The minimum atomic E-state index is 0.602. The number of furan rings is 1. The summed E-state index contributed by atoms with van der Waals surface area (Å²) < 4.78 is 8.80. The summed E-state index contributed by atoms with van der Waals surface area (Å²) in [6, 6.07) is 45.5. The van der Waals surface area contributed by atoms with E-state index in [9.17, 15) is 10.5 Å². The fourth-order valence-electron chi connectivity index (χ4n) is 6.01. The van der Waals surface area contributed by atoms with Crippen LogP contribution in [-0.2, 0) is 0 Å². The topological polar surface area (TPSA) is 60.7 Å². The summed E-state index contributed by atoms with van der Waals surface area (Å²) in [5, 5.41) is 24.6. The lowest BCUT2D eigenvalue weighted by Gasteiger charge is -2.15. The van der Waals surface area contributed by atoms with Crippen LogP contribution in [0.1, 0.15) is 11.1 Å². The van der Waals surface area contributed by atoms with Gasteiger partial charge in [0, 0.05) is 53.2 Å². The highest BCUT2D eigenvalue weighted by molar-refractivity contribution is 7.26. The number of para-hydroxylation sites is 2. The van der Waals surface area contributed by atoms with Crippen LogP contribution in [0.25, 0.3) is 75.5 Å². The first-order valence-corrected chi connectivity index (χ1v) is 14.4. The van der Waals surface area contributed by atoms with E-state index >= 15 is 0 Å². The zero-order chi connectivity index (χ0) is 28.2. The van der Waals surface area contributed by atoms with E-state index in [1.807, 2.05) is 54.6 Å². The molecule has 4 heteroatoms. The predicted molar refractivity (Wildman–Crippen MR) is 172 cm³/mol. The Balaban J connectivity index is 1.48.